The van der Waals surface area contributed by atoms with E-state index in [9.17, 15) is 5.11 Å². The maximum Gasteiger partial charge on any atom is 0.178 e. The summed E-state index contributed by atoms with van der Waals surface area (Å²) >= 11 is 0. The Morgan fingerprint density at radius 1 is 1.59 bits per heavy atom. The lowest BCUT2D eigenvalue weighted by Crippen LogP contribution is -2.45. The largest absolute Gasteiger partial charge is 0.501 e. The quantitative estimate of drug-likeness (QED) is 0.463. The summed E-state index contributed by atoms with van der Waals surface area (Å²) in [5.74, 6) is 6.83. The first-order valence-corrected chi connectivity index (χ1v) is 6.28. The number of allylic oxidation sites excluding steroid dienone is 1. The summed E-state index contributed by atoms with van der Waals surface area (Å²) in [6, 6.07) is 0. The molecule has 1 aliphatic heterocycles. The van der Waals surface area contributed by atoms with Gasteiger partial charge in [0.25, 0.3) is 0 Å². The topological polar surface area (TPSA) is 42.0 Å². The van der Waals surface area contributed by atoms with Crippen molar-refractivity contribution in [2.45, 2.75) is 50.2 Å². The Balaban J connectivity index is 2.15. The molecule has 0 radical (unpaired) electrons. The third kappa shape index (κ3) is 2.34. The van der Waals surface area contributed by atoms with E-state index < -0.39 is 11.2 Å². The fourth-order valence-electron chi connectivity index (χ4n) is 2.18. The van der Waals surface area contributed by atoms with Gasteiger partial charge in [-0.25, -0.2) is 0 Å². The molecule has 3 heteroatoms. The van der Waals surface area contributed by atoms with E-state index in [1.165, 1.54) is 0 Å². The van der Waals surface area contributed by atoms with Crippen molar-refractivity contribution >= 4 is 0 Å². The number of methoxy groups -OCH3 is 1. The predicted molar refractivity (Wildman–Crippen MR) is 65.3 cm³/mol. The average Bonchev–Trinajstić information content (AvgIpc) is 3.11. The van der Waals surface area contributed by atoms with Crippen molar-refractivity contribution in [3.63, 3.8) is 0 Å². The van der Waals surface area contributed by atoms with Crippen LogP contribution in [-0.4, -0.2) is 30.0 Å². The first-order chi connectivity index (χ1) is 8.16. The molecule has 94 valence electrons. The van der Waals surface area contributed by atoms with E-state index in [1.54, 1.807) is 13.2 Å². The van der Waals surface area contributed by atoms with E-state index >= 15 is 0 Å². The first kappa shape index (κ1) is 12.5. The van der Waals surface area contributed by atoms with E-state index in [2.05, 4.69) is 18.8 Å². The molecular formula is C14H20O3. The summed E-state index contributed by atoms with van der Waals surface area (Å²) in [7, 11) is 1.63. The van der Waals surface area contributed by atoms with Gasteiger partial charge in [-0.1, -0.05) is 25.2 Å². The van der Waals surface area contributed by atoms with Gasteiger partial charge >= 0.3 is 0 Å². The highest BCUT2D eigenvalue weighted by Gasteiger charge is 2.61. The van der Waals surface area contributed by atoms with Crippen LogP contribution in [-0.2, 0) is 9.47 Å². The Morgan fingerprint density at radius 3 is 2.94 bits per heavy atom. The molecule has 0 saturated carbocycles. The number of unbranched alkanes of at least 4 members (excludes halogenated alkanes) is 2. The van der Waals surface area contributed by atoms with Crippen LogP contribution in [0.4, 0.5) is 0 Å². The van der Waals surface area contributed by atoms with Gasteiger partial charge in [-0.2, -0.15) is 0 Å². The summed E-state index contributed by atoms with van der Waals surface area (Å²) in [4.78, 5) is 0. The van der Waals surface area contributed by atoms with E-state index in [0.29, 0.717) is 6.61 Å². The molecule has 3 nitrogen and oxygen atoms in total. The second-order valence-electron chi connectivity index (χ2n) is 4.77. The SMILES string of the molecule is CCCCC#CC1(O)C=C(OC)CCC12CO2. The zero-order chi connectivity index (χ0) is 12.4. The van der Waals surface area contributed by atoms with Gasteiger partial charge < -0.3 is 14.6 Å². The van der Waals surface area contributed by atoms with Crippen LogP contribution in [0, 0.1) is 11.8 Å². The van der Waals surface area contributed by atoms with Gasteiger partial charge in [-0.05, 0) is 12.8 Å². The number of rotatable bonds is 3. The van der Waals surface area contributed by atoms with Crippen LogP contribution >= 0.6 is 0 Å². The smallest absolute Gasteiger partial charge is 0.178 e. The Kier molecular flexibility index (Phi) is 3.46. The van der Waals surface area contributed by atoms with E-state index in [4.69, 9.17) is 9.47 Å². The van der Waals surface area contributed by atoms with Crippen molar-refractivity contribution in [2.24, 2.45) is 0 Å². The third-order valence-electron chi connectivity index (χ3n) is 3.53. The predicted octanol–water partition coefficient (Wildman–Crippen LogP) is 2.00. The lowest BCUT2D eigenvalue weighted by atomic mass is 9.79. The summed E-state index contributed by atoms with van der Waals surface area (Å²) < 4.78 is 10.7. The van der Waals surface area contributed by atoms with Gasteiger partial charge in [0, 0.05) is 18.9 Å². The van der Waals surface area contributed by atoms with Crippen LogP contribution in [0.15, 0.2) is 11.8 Å². The normalized spacial score (nSPS) is 34.9. The van der Waals surface area contributed by atoms with Crippen molar-refractivity contribution in [3.05, 3.63) is 11.8 Å². The zero-order valence-electron chi connectivity index (χ0n) is 10.6. The van der Waals surface area contributed by atoms with Crippen LogP contribution in [0.2, 0.25) is 0 Å². The number of hydrogen-bond donors (Lipinski definition) is 1. The third-order valence-corrected chi connectivity index (χ3v) is 3.53. The molecule has 0 bridgehead atoms. The molecule has 2 unspecified atom stereocenters. The van der Waals surface area contributed by atoms with Crippen LogP contribution in [0.1, 0.15) is 39.0 Å². The molecule has 1 saturated heterocycles. The second kappa shape index (κ2) is 4.72. The molecule has 0 aromatic heterocycles. The van der Waals surface area contributed by atoms with Crippen molar-refractivity contribution < 1.29 is 14.6 Å². The van der Waals surface area contributed by atoms with Gasteiger partial charge in [0.15, 0.2) is 5.60 Å². The Labute approximate surface area is 103 Å². The monoisotopic (exact) mass is 236 g/mol. The highest BCUT2D eigenvalue weighted by Crippen LogP contribution is 2.47. The molecule has 2 aliphatic rings. The van der Waals surface area contributed by atoms with E-state index in [1.807, 2.05) is 0 Å². The van der Waals surface area contributed by atoms with Gasteiger partial charge in [0.1, 0.15) is 5.60 Å². The lowest BCUT2D eigenvalue weighted by Gasteiger charge is -2.31. The number of epoxide rings is 1. The summed E-state index contributed by atoms with van der Waals surface area (Å²) in [5, 5.41) is 10.6. The highest BCUT2D eigenvalue weighted by molar-refractivity contribution is 5.37. The second-order valence-corrected chi connectivity index (χ2v) is 4.77. The van der Waals surface area contributed by atoms with Gasteiger partial charge in [0.2, 0.25) is 0 Å². The molecule has 2 rings (SSSR count). The maximum atomic E-state index is 10.6. The number of hydrogen-bond acceptors (Lipinski definition) is 3. The van der Waals surface area contributed by atoms with Crippen LogP contribution in [0.5, 0.6) is 0 Å². The molecule has 1 heterocycles. The first-order valence-electron chi connectivity index (χ1n) is 6.28. The van der Waals surface area contributed by atoms with Crippen LogP contribution < -0.4 is 0 Å². The van der Waals surface area contributed by atoms with Crippen LogP contribution in [0.3, 0.4) is 0 Å². The average molecular weight is 236 g/mol. The van der Waals surface area contributed by atoms with Crippen molar-refractivity contribution in [1.82, 2.24) is 0 Å². The molecular weight excluding hydrogens is 216 g/mol. The Hall–Kier alpha value is -0.980. The van der Waals surface area contributed by atoms with Crippen molar-refractivity contribution in [2.75, 3.05) is 13.7 Å². The maximum absolute atomic E-state index is 10.6. The molecule has 17 heavy (non-hydrogen) atoms. The Bertz CT molecular complexity index is 371. The molecule has 0 aromatic carbocycles. The fourth-order valence-corrected chi connectivity index (χ4v) is 2.18. The van der Waals surface area contributed by atoms with Crippen molar-refractivity contribution in [1.29, 1.82) is 0 Å². The van der Waals surface area contributed by atoms with Crippen LogP contribution in [0.25, 0.3) is 0 Å². The van der Waals surface area contributed by atoms with Gasteiger partial charge in [-0.3, -0.25) is 0 Å². The molecule has 0 amide bonds. The zero-order valence-corrected chi connectivity index (χ0v) is 10.6. The summed E-state index contributed by atoms with van der Waals surface area (Å²) in [6.07, 6.45) is 6.33. The molecule has 0 aromatic rings. The molecule has 1 aliphatic carbocycles. The van der Waals surface area contributed by atoms with E-state index in [-0.39, 0.29) is 0 Å². The highest BCUT2D eigenvalue weighted by atomic mass is 16.6. The molecule has 2 atom stereocenters. The standard InChI is InChI=1S/C14H20O3/c1-3-4-5-6-8-13(15)10-12(16-2)7-9-14(13)11-17-14/h10,15H,3-5,7,9,11H2,1-2H3. The molecule has 1 spiro atoms. The van der Waals surface area contributed by atoms with Gasteiger partial charge in [-0.15, -0.1) is 0 Å². The summed E-state index contributed by atoms with van der Waals surface area (Å²) in [5.41, 5.74) is -1.63. The van der Waals surface area contributed by atoms with Gasteiger partial charge in [0.05, 0.1) is 19.5 Å². The molecule has 1 fully saturated rings. The summed E-state index contributed by atoms with van der Waals surface area (Å²) in [6.45, 7) is 2.73. The van der Waals surface area contributed by atoms with Crippen molar-refractivity contribution in [3.8, 4) is 11.8 Å². The minimum Gasteiger partial charge on any atom is -0.501 e. The lowest BCUT2D eigenvalue weighted by molar-refractivity contribution is 0.0324. The minimum atomic E-state index is -1.16. The number of aliphatic hydroxyl groups is 1. The molecule has 1 N–H and O–H groups in total. The van der Waals surface area contributed by atoms with E-state index in [0.717, 1.165) is 37.9 Å². The Morgan fingerprint density at radius 2 is 2.35 bits per heavy atom. The minimum absolute atomic E-state index is 0.464. The number of ether oxygens (including phenoxy) is 2. The fraction of sp³-hybridized carbons (Fsp3) is 0.714.